The van der Waals surface area contributed by atoms with Crippen molar-refractivity contribution < 1.29 is 45.8 Å². The fraction of sp³-hybridized carbons (Fsp3) is 0.475. The first-order valence-corrected chi connectivity index (χ1v) is 18.8. The van der Waals surface area contributed by atoms with Crippen LogP contribution in [0.15, 0.2) is 30.3 Å². The molecule has 4 aliphatic heterocycles. The van der Waals surface area contributed by atoms with Gasteiger partial charge < -0.3 is 28.9 Å². The van der Waals surface area contributed by atoms with E-state index in [9.17, 15) is 22.8 Å². The van der Waals surface area contributed by atoms with Gasteiger partial charge in [0.1, 0.15) is 41.4 Å². The quantitative estimate of drug-likeness (QED) is 0.157. The van der Waals surface area contributed by atoms with Crippen molar-refractivity contribution in [3.8, 4) is 35.5 Å². The first-order chi connectivity index (χ1) is 27.2. The minimum Gasteiger partial charge on any atom is -0.480 e. The van der Waals surface area contributed by atoms with Crippen LogP contribution in [0.5, 0.6) is 11.9 Å². The number of ether oxygens (including phenoxy) is 3. The van der Waals surface area contributed by atoms with Crippen LogP contribution in [0.4, 0.5) is 32.6 Å². The van der Waals surface area contributed by atoms with E-state index in [0.717, 1.165) is 37.1 Å². The zero-order chi connectivity index (χ0) is 40.4. The molecule has 57 heavy (non-hydrogen) atoms. The van der Waals surface area contributed by atoms with Crippen LogP contribution in [0.25, 0.3) is 32.9 Å². The number of anilines is 1. The molecule has 17 heteroatoms. The maximum absolute atomic E-state index is 17.3. The van der Waals surface area contributed by atoms with Crippen LogP contribution in [-0.2, 0) is 9.53 Å². The predicted octanol–water partition coefficient (Wildman–Crippen LogP) is 5.93. The van der Waals surface area contributed by atoms with Gasteiger partial charge in [-0.2, -0.15) is 23.1 Å². The molecule has 0 spiro atoms. The number of fused-ring (bicyclic) bond motifs is 5. The highest BCUT2D eigenvalue weighted by Gasteiger charge is 2.53. The molecule has 2 bridgehead atoms. The van der Waals surface area contributed by atoms with E-state index >= 15 is 8.78 Å². The van der Waals surface area contributed by atoms with Crippen molar-refractivity contribution in [3.05, 3.63) is 47.5 Å². The molecule has 4 aliphatic rings. The number of alkyl halides is 3. The Kier molecular flexibility index (Phi) is 9.74. The zero-order valence-corrected chi connectivity index (χ0v) is 31.5. The van der Waals surface area contributed by atoms with Gasteiger partial charge in [0.25, 0.3) is 0 Å². The van der Waals surface area contributed by atoms with Gasteiger partial charge in [0.15, 0.2) is 5.82 Å². The number of aromatic nitrogens is 3. The molecule has 4 saturated heterocycles. The lowest BCUT2D eigenvalue weighted by molar-refractivity contribution is -0.188. The Morgan fingerprint density at radius 3 is 2.46 bits per heavy atom. The number of halogens is 5. The van der Waals surface area contributed by atoms with E-state index in [4.69, 9.17) is 25.6 Å². The van der Waals surface area contributed by atoms with Gasteiger partial charge in [-0.05, 0) is 56.5 Å². The monoisotopic (exact) mass is 793 g/mol. The summed E-state index contributed by atoms with van der Waals surface area (Å²) in [5, 5.41) is 0.852. The van der Waals surface area contributed by atoms with Gasteiger partial charge in [0, 0.05) is 44.2 Å². The SMILES string of the molecule is C#Cc1c(F)ccc2cccc(-c3nc(OC)c4c(N5CC6CCC(C5)N6C(=O)C(F)(F)F)nc(OC[C@]56CCCN5[C@@H](COC(=O)N(C)C)CC6)nc4c3F)c12. The fourth-order valence-electron chi connectivity index (χ4n) is 9.25. The van der Waals surface area contributed by atoms with Gasteiger partial charge in [-0.3, -0.25) is 9.69 Å². The lowest BCUT2D eigenvalue weighted by atomic mass is 9.95. The number of pyridine rings is 1. The number of benzene rings is 2. The van der Waals surface area contributed by atoms with Crippen LogP contribution in [0.2, 0.25) is 0 Å². The second-order valence-corrected chi connectivity index (χ2v) is 15.3. The topological polar surface area (TPSA) is 113 Å². The molecular formula is C40H40F5N7O5. The molecular weight excluding hydrogens is 753 g/mol. The molecule has 4 aromatic rings. The number of carbonyl (C=O) groups excluding carboxylic acids is 2. The largest absolute Gasteiger partial charge is 0.480 e. The molecule has 0 aliphatic carbocycles. The van der Waals surface area contributed by atoms with Gasteiger partial charge in [-0.25, -0.2) is 18.6 Å². The predicted molar refractivity (Wildman–Crippen MR) is 199 cm³/mol. The van der Waals surface area contributed by atoms with Gasteiger partial charge in [0.2, 0.25) is 5.88 Å². The summed E-state index contributed by atoms with van der Waals surface area (Å²) >= 11 is 0. The Hall–Kier alpha value is -5.50. The smallest absolute Gasteiger partial charge is 0.471 e. The first kappa shape index (κ1) is 38.4. The van der Waals surface area contributed by atoms with Gasteiger partial charge in [0.05, 0.1) is 30.3 Å². The van der Waals surface area contributed by atoms with Crippen molar-refractivity contribution in [1.29, 1.82) is 0 Å². The first-order valence-electron chi connectivity index (χ1n) is 18.8. The van der Waals surface area contributed by atoms with E-state index in [0.29, 0.717) is 18.2 Å². The van der Waals surface area contributed by atoms with Crippen molar-refractivity contribution in [1.82, 2.24) is 29.7 Å². The average molecular weight is 794 g/mol. The van der Waals surface area contributed by atoms with E-state index in [1.807, 2.05) is 0 Å². The number of rotatable bonds is 8. The van der Waals surface area contributed by atoms with E-state index < -0.39 is 47.4 Å². The molecule has 6 heterocycles. The second-order valence-electron chi connectivity index (χ2n) is 15.3. The average Bonchev–Trinajstić information content (AvgIpc) is 3.84. The van der Waals surface area contributed by atoms with Crippen LogP contribution in [-0.4, -0.2) is 126 Å². The molecule has 0 N–H and O–H groups in total. The summed E-state index contributed by atoms with van der Waals surface area (Å²) in [5.74, 6) is -1.07. The summed E-state index contributed by atoms with van der Waals surface area (Å²) in [7, 11) is 4.56. The molecule has 0 saturated carbocycles. The number of methoxy groups -OCH3 is 1. The number of piperazine rings is 1. The highest BCUT2D eigenvalue weighted by molar-refractivity contribution is 6.03. The molecule has 2 aromatic carbocycles. The molecule has 2 unspecified atom stereocenters. The number of hydrogen-bond acceptors (Lipinski definition) is 10. The van der Waals surface area contributed by atoms with Crippen molar-refractivity contribution >= 4 is 39.5 Å². The molecule has 2 aromatic heterocycles. The number of carbonyl (C=O) groups is 2. The Morgan fingerprint density at radius 1 is 1.02 bits per heavy atom. The summed E-state index contributed by atoms with van der Waals surface area (Å²) in [4.78, 5) is 44.8. The maximum Gasteiger partial charge on any atom is 0.471 e. The Balaban J connectivity index is 1.22. The number of nitrogens with zero attached hydrogens (tertiary/aromatic N) is 7. The minimum atomic E-state index is -5.04. The summed E-state index contributed by atoms with van der Waals surface area (Å²) in [5.41, 5.74) is -0.798. The Morgan fingerprint density at radius 2 is 1.77 bits per heavy atom. The summed E-state index contributed by atoms with van der Waals surface area (Å²) in [6.07, 6.45) is 4.09. The molecule has 300 valence electrons. The third-order valence-electron chi connectivity index (χ3n) is 11.8. The standard InChI is InChI=1S/C40H40F5N7O5/c1-5-26-28(41)13-10-22-8-6-9-27(29(22)26)32-31(42)33-30(35(46-32)55-4)34(50-18-23-11-12-24(19-50)52(23)36(53)40(43,44)45)48-37(47-33)57-21-39-15-7-17-51(39)25(14-16-39)20-56-38(54)49(2)3/h1,6,8-10,13,23-25H,7,11-12,14-21H2,2-4H3/t23?,24?,25-,39-/m1/s1. The summed E-state index contributed by atoms with van der Waals surface area (Å²) in [6.45, 7) is 1.03. The third-order valence-corrected chi connectivity index (χ3v) is 11.8. The van der Waals surface area contributed by atoms with Gasteiger partial charge >= 0.3 is 24.2 Å². The molecule has 8 rings (SSSR count). The lowest BCUT2D eigenvalue weighted by Crippen LogP contribution is -2.59. The number of hydrogen-bond donors (Lipinski definition) is 0. The van der Waals surface area contributed by atoms with Crippen molar-refractivity contribution in [2.45, 2.75) is 68.4 Å². The van der Waals surface area contributed by atoms with Crippen LogP contribution >= 0.6 is 0 Å². The Bertz CT molecular complexity index is 2310. The van der Waals surface area contributed by atoms with Gasteiger partial charge in [-0.1, -0.05) is 30.2 Å². The fourth-order valence-corrected chi connectivity index (χ4v) is 9.25. The highest BCUT2D eigenvalue weighted by Crippen LogP contribution is 2.45. The van der Waals surface area contributed by atoms with Crippen molar-refractivity contribution in [2.24, 2.45) is 0 Å². The Labute approximate surface area is 324 Å². The van der Waals surface area contributed by atoms with Crippen LogP contribution < -0.4 is 14.4 Å². The van der Waals surface area contributed by atoms with Crippen LogP contribution in [0.3, 0.4) is 0 Å². The number of terminal acetylenes is 1. The van der Waals surface area contributed by atoms with E-state index in [1.54, 1.807) is 37.2 Å². The van der Waals surface area contributed by atoms with Crippen LogP contribution in [0, 0.1) is 24.0 Å². The van der Waals surface area contributed by atoms with E-state index in [1.165, 1.54) is 24.1 Å². The third kappa shape index (κ3) is 6.57. The van der Waals surface area contributed by atoms with Gasteiger partial charge in [-0.15, -0.1) is 6.42 Å². The second kappa shape index (κ2) is 14.5. The summed E-state index contributed by atoms with van der Waals surface area (Å²) in [6, 6.07) is 5.91. The normalized spacial score (nSPS) is 23.2. The summed E-state index contributed by atoms with van der Waals surface area (Å²) < 4.78 is 90.9. The molecule has 0 radical (unpaired) electrons. The number of amides is 2. The maximum atomic E-state index is 17.3. The molecule has 4 atom stereocenters. The van der Waals surface area contributed by atoms with Crippen molar-refractivity contribution in [2.75, 3.05) is 59.0 Å². The zero-order valence-electron chi connectivity index (χ0n) is 31.5. The lowest BCUT2D eigenvalue weighted by Gasteiger charge is -2.42. The molecule has 12 nitrogen and oxygen atoms in total. The molecule has 2 amide bonds. The van der Waals surface area contributed by atoms with Crippen LogP contribution in [0.1, 0.15) is 44.1 Å². The van der Waals surface area contributed by atoms with Crippen molar-refractivity contribution in [3.63, 3.8) is 0 Å². The highest BCUT2D eigenvalue weighted by atomic mass is 19.4. The van der Waals surface area contributed by atoms with E-state index in [2.05, 4.69) is 20.8 Å². The molecule has 4 fully saturated rings. The van der Waals surface area contributed by atoms with E-state index in [-0.39, 0.29) is 83.2 Å². The minimum absolute atomic E-state index is 0.0322.